The summed E-state index contributed by atoms with van der Waals surface area (Å²) in [4.78, 5) is 13.8. The van der Waals surface area contributed by atoms with Gasteiger partial charge in [-0.05, 0) is 48.0 Å². The van der Waals surface area contributed by atoms with E-state index in [-0.39, 0.29) is 24.8 Å². The molecular weight excluding hydrogens is 234 g/mol. The topological polar surface area (TPSA) is 59.0 Å². The summed E-state index contributed by atoms with van der Waals surface area (Å²) in [5.74, 6) is 0. The third-order valence-corrected chi connectivity index (χ3v) is 2.97. The van der Waals surface area contributed by atoms with E-state index in [1.807, 2.05) is 41.5 Å². The molecule has 5 heteroatoms. The number of hydrogen-bond acceptors (Lipinski definition) is 4. The van der Waals surface area contributed by atoms with E-state index in [0.29, 0.717) is 6.42 Å². The quantitative estimate of drug-likeness (QED) is 0.825. The van der Waals surface area contributed by atoms with Crippen LogP contribution in [0.15, 0.2) is 0 Å². The number of hydrogen-bond donors (Lipinski definition) is 1. The number of aliphatic hydroxyl groups excluding tert-OH is 1. The van der Waals surface area contributed by atoms with E-state index in [1.54, 1.807) is 4.90 Å². The summed E-state index contributed by atoms with van der Waals surface area (Å²) in [7, 11) is 0. The summed E-state index contributed by atoms with van der Waals surface area (Å²) in [6, 6.07) is -0.109. The second-order valence-electron chi connectivity index (χ2n) is 6.21. The maximum atomic E-state index is 12.2. The minimum absolute atomic E-state index is 0.0489. The minimum atomic E-state index is -0.707. The van der Waals surface area contributed by atoms with Crippen LogP contribution in [0.2, 0.25) is 0 Å². The fraction of sp³-hybridized carbons (Fsp3) is 0.923. The number of ether oxygens (including phenoxy) is 2. The molecule has 0 radical (unpaired) electrons. The number of nitrogens with zero attached hydrogens (tertiary/aromatic N) is 1. The van der Waals surface area contributed by atoms with Gasteiger partial charge in [-0.25, -0.2) is 4.79 Å². The first kappa shape index (κ1) is 15.2. The first-order valence-electron chi connectivity index (χ1n) is 6.39. The molecular formula is C13H25NO4. The molecule has 1 N–H and O–H groups in total. The Kier molecular flexibility index (Phi) is 4.28. The van der Waals surface area contributed by atoms with Crippen LogP contribution < -0.4 is 0 Å². The lowest BCUT2D eigenvalue weighted by Gasteiger charge is -2.34. The number of amides is 1. The highest BCUT2D eigenvalue weighted by molar-refractivity contribution is 5.69. The van der Waals surface area contributed by atoms with Gasteiger partial charge >= 0.3 is 6.09 Å². The van der Waals surface area contributed by atoms with E-state index in [1.165, 1.54) is 0 Å². The molecule has 5 nitrogen and oxygen atoms in total. The summed E-state index contributed by atoms with van der Waals surface area (Å²) in [5, 5.41) is 9.01. The highest BCUT2D eigenvalue weighted by atomic mass is 16.6. The average molecular weight is 259 g/mol. The molecule has 1 fully saturated rings. The second kappa shape index (κ2) is 5.05. The molecule has 1 amide bonds. The molecule has 0 aromatic carbocycles. The van der Waals surface area contributed by atoms with Gasteiger partial charge in [-0.15, -0.1) is 0 Å². The SMILES string of the molecule is C[C@H]1[C@H](CCO)OC(C)(C)N1C(=O)OC(C)(C)C. The zero-order valence-electron chi connectivity index (χ0n) is 12.2. The van der Waals surface area contributed by atoms with Crippen molar-refractivity contribution < 1.29 is 19.4 Å². The van der Waals surface area contributed by atoms with Crippen molar-refractivity contribution in [2.45, 2.75) is 71.4 Å². The third-order valence-electron chi connectivity index (χ3n) is 2.97. The van der Waals surface area contributed by atoms with E-state index >= 15 is 0 Å². The molecule has 1 heterocycles. The van der Waals surface area contributed by atoms with Crippen molar-refractivity contribution in [2.75, 3.05) is 6.61 Å². The van der Waals surface area contributed by atoms with Crippen LogP contribution in [0, 0.1) is 0 Å². The number of rotatable bonds is 2. The van der Waals surface area contributed by atoms with Gasteiger partial charge in [0.25, 0.3) is 0 Å². The highest BCUT2D eigenvalue weighted by Gasteiger charge is 2.48. The van der Waals surface area contributed by atoms with Crippen molar-refractivity contribution in [2.24, 2.45) is 0 Å². The maximum absolute atomic E-state index is 12.2. The first-order chi connectivity index (χ1) is 8.08. The van der Waals surface area contributed by atoms with Crippen molar-refractivity contribution >= 4 is 6.09 Å². The Bertz CT molecular complexity index is 309. The van der Waals surface area contributed by atoms with E-state index in [9.17, 15) is 4.79 Å². The molecule has 18 heavy (non-hydrogen) atoms. The summed E-state index contributed by atoms with van der Waals surface area (Å²) in [6.07, 6.45) is -0.0119. The summed E-state index contributed by atoms with van der Waals surface area (Å²) >= 11 is 0. The van der Waals surface area contributed by atoms with Gasteiger partial charge in [-0.2, -0.15) is 0 Å². The van der Waals surface area contributed by atoms with Crippen LogP contribution in [0.5, 0.6) is 0 Å². The van der Waals surface area contributed by atoms with Crippen LogP contribution in [-0.4, -0.2) is 46.2 Å². The molecule has 0 unspecified atom stereocenters. The van der Waals surface area contributed by atoms with Crippen LogP contribution in [0.25, 0.3) is 0 Å². The molecule has 0 bridgehead atoms. The Hall–Kier alpha value is -0.810. The molecule has 0 aliphatic carbocycles. The van der Waals surface area contributed by atoms with Crippen LogP contribution in [-0.2, 0) is 9.47 Å². The van der Waals surface area contributed by atoms with Crippen molar-refractivity contribution in [3.63, 3.8) is 0 Å². The average Bonchev–Trinajstić information content (AvgIpc) is 2.34. The van der Waals surface area contributed by atoms with Crippen molar-refractivity contribution in [3.8, 4) is 0 Å². The zero-order valence-corrected chi connectivity index (χ0v) is 12.2. The standard InChI is InChI=1S/C13H25NO4/c1-9-10(7-8-15)17-13(5,6)14(9)11(16)18-12(2,3)4/h9-10,15H,7-8H2,1-6H3/t9-,10-/m0/s1. The van der Waals surface area contributed by atoms with E-state index in [2.05, 4.69) is 0 Å². The van der Waals surface area contributed by atoms with Crippen LogP contribution in [0.4, 0.5) is 4.79 Å². The van der Waals surface area contributed by atoms with Crippen LogP contribution >= 0.6 is 0 Å². The molecule has 1 aliphatic heterocycles. The lowest BCUT2D eigenvalue weighted by molar-refractivity contribution is -0.0813. The van der Waals surface area contributed by atoms with E-state index in [0.717, 1.165) is 0 Å². The van der Waals surface area contributed by atoms with Crippen molar-refractivity contribution in [3.05, 3.63) is 0 Å². The summed E-state index contributed by atoms with van der Waals surface area (Å²) in [6.45, 7) is 11.2. The van der Waals surface area contributed by atoms with Gasteiger partial charge in [0.05, 0.1) is 12.1 Å². The lowest BCUT2D eigenvalue weighted by atomic mass is 10.1. The van der Waals surface area contributed by atoms with E-state index in [4.69, 9.17) is 14.6 Å². The molecule has 1 aliphatic rings. The molecule has 2 atom stereocenters. The van der Waals surface area contributed by atoms with Gasteiger partial charge in [0.1, 0.15) is 11.3 Å². The largest absolute Gasteiger partial charge is 0.444 e. The van der Waals surface area contributed by atoms with Crippen molar-refractivity contribution in [1.82, 2.24) is 4.90 Å². The predicted octanol–water partition coefficient (Wildman–Crippen LogP) is 2.13. The summed E-state index contributed by atoms with van der Waals surface area (Å²) < 4.78 is 11.2. The maximum Gasteiger partial charge on any atom is 0.412 e. The zero-order chi connectivity index (χ0) is 14.1. The number of aliphatic hydroxyl groups is 1. The Labute approximate surface area is 109 Å². The molecule has 1 saturated heterocycles. The second-order valence-corrected chi connectivity index (χ2v) is 6.21. The van der Waals surface area contributed by atoms with Gasteiger partial charge in [0.15, 0.2) is 0 Å². The normalized spacial score (nSPS) is 27.4. The molecule has 1 rings (SSSR count). The smallest absolute Gasteiger partial charge is 0.412 e. The molecule has 0 aromatic heterocycles. The summed E-state index contributed by atoms with van der Waals surface area (Å²) in [5.41, 5.74) is -1.23. The number of carbonyl (C=O) groups is 1. The van der Waals surface area contributed by atoms with Crippen LogP contribution in [0.3, 0.4) is 0 Å². The van der Waals surface area contributed by atoms with Gasteiger partial charge in [0, 0.05) is 6.61 Å². The van der Waals surface area contributed by atoms with Crippen LogP contribution in [0.1, 0.15) is 48.0 Å². The highest BCUT2D eigenvalue weighted by Crippen LogP contribution is 2.34. The van der Waals surface area contributed by atoms with Gasteiger partial charge in [-0.1, -0.05) is 0 Å². The Morgan fingerprint density at radius 1 is 1.44 bits per heavy atom. The molecule has 0 saturated carbocycles. The van der Waals surface area contributed by atoms with Gasteiger partial charge < -0.3 is 14.6 Å². The Balaban J connectivity index is 2.83. The predicted molar refractivity (Wildman–Crippen MR) is 68.2 cm³/mol. The third kappa shape index (κ3) is 3.36. The Morgan fingerprint density at radius 2 is 2.00 bits per heavy atom. The van der Waals surface area contributed by atoms with Crippen molar-refractivity contribution in [1.29, 1.82) is 0 Å². The van der Waals surface area contributed by atoms with Gasteiger partial charge in [0.2, 0.25) is 0 Å². The monoisotopic (exact) mass is 259 g/mol. The lowest BCUT2D eigenvalue weighted by Crippen LogP contribution is -2.49. The van der Waals surface area contributed by atoms with Gasteiger partial charge in [-0.3, -0.25) is 4.90 Å². The van der Waals surface area contributed by atoms with E-state index < -0.39 is 11.3 Å². The Morgan fingerprint density at radius 3 is 2.44 bits per heavy atom. The number of carbonyl (C=O) groups excluding carboxylic acids is 1. The fourth-order valence-electron chi connectivity index (χ4n) is 2.31. The fourth-order valence-corrected chi connectivity index (χ4v) is 2.31. The first-order valence-corrected chi connectivity index (χ1v) is 6.39. The minimum Gasteiger partial charge on any atom is -0.444 e. The molecule has 106 valence electrons. The molecule has 0 spiro atoms. The molecule has 0 aromatic rings.